The molecular weight excluding hydrogens is 326 g/mol. The lowest BCUT2D eigenvalue weighted by molar-refractivity contribution is -0.174. The van der Waals surface area contributed by atoms with Gasteiger partial charge in [-0.2, -0.15) is 0 Å². The maximum atomic E-state index is 13.6. The Hall–Kier alpha value is -1.13. The molecule has 4 rings (SSSR count). The van der Waals surface area contributed by atoms with Crippen LogP contribution in [0.4, 0.5) is 0 Å². The number of allylic oxidation sites excluding steroid dienone is 3. The summed E-state index contributed by atoms with van der Waals surface area (Å²) in [5.74, 6) is 0.566. The van der Waals surface area contributed by atoms with Crippen molar-refractivity contribution in [1.29, 1.82) is 0 Å². The van der Waals surface area contributed by atoms with Crippen molar-refractivity contribution in [2.45, 2.75) is 71.6 Å². The third-order valence-corrected chi connectivity index (χ3v) is 7.94. The van der Waals surface area contributed by atoms with Crippen molar-refractivity contribution < 1.29 is 15.0 Å². The fourth-order valence-electron chi connectivity index (χ4n) is 6.95. The zero-order valence-electron chi connectivity index (χ0n) is 16.6. The Kier molecular flexibility index (Phi) is 3.99. The van der Waals surface area contributed by atoms with Gasteiger partial charge in [-0.05, 0) is 38.5 Å². The Morgan fingerprint density at radius 3 is 2.58 bits per heavy atom. The van der Waals surface area contributed by atoms with Gasteiger partial charge >= 0.3 is 0 Å². The van der Waals surface area contributed by atoms with Crippen molar-refractivity contribution in [1.82, 2.24) is 5.32 Å². The maximum absolute atomic E-state index is 13.6. The Morgan fingerprint density at radius 1 is 1.27 bits per heavy atom. The van der Waals surface area contributed by atoms with Gasteiger partial charge in [-0.3, -0.25) is 4.79 Å². The molecule has 8 atom stereocenters. The van der Waals surface area contributed by atoms with Crippen LogP contribution < -0.4 is 5.32 Å². The second-order valence-electron chi connectivity index (χ2n) is 9.81. The van der Waals surface area contributed by atoms with E-state index in [0.717, 1.165) is 12.0 Å². The first-order chi connectivity index (χ1) is 12.1. The number of fused-ring (bicyclic) bond motifs is 1. The van der Waals surface area contributed by atoms with Crippen LogP contribution in [-0.2, 0) is 4.79 Å². The van der Waals surface area contributed by atoms with Crippen LogP contribution in [0.25, 0.3) is 0 Å². The molecule has 0 aromatic rings. The normalized spacial score (nSPS) is 49.9. The van der Waals surface area contributed by atoms with Crippen LogP contribution >= 0.6 is 0 Å². The minimum absolute atomic E-state index is 0.000833. The summed E-state index contributed by atoms with van der Waals surface area (Å²) in [5, 5.41) is 25.8. The molecule has 26 heavy (non-hydrogen) atoms. The monoisotopic (exact) mass is 359 g/mol. The van der Waals surface area contributed by atoms with Crippen molar-refractivity contribution in [2.24, 2.45) is 35.0 Å². The van der Waals surface area contributed by atoms with E-state index in [1.165, 1.54) is 5.57 Å². The van der Waals surface area contributed by atoms with Crippen LogP contribution in [0.5, 0.6) is 0 Å². The van der Waals surface area contributed by atoms with Gasteiger partial charge in [0, 0.05) is 30.2 Å². The van der Waals surface area contributed by atoms with E-state index in [-0.39, 0.29) is 35.6 Å². The van der Waals surface area contributed by atoms with Crippen molar-refractivity contribution in [3.8, 4) is 0 Å². The molecule has 1 amide bonds. The second kappa shape index (κ2) is 5.68. The number of nitrogens with one attached hydrogen (secondary N) is 1. The van der Waals surface area contributed by atoms with Crippen molar-refractivity contribution in [3.63, 3.8) is 0 Å². The minimum Gasteiger partial charge on any atom is -0.393 e. The summed E-state index contributed by atoms with van der Waals surface area (Å²) in [7, 11) is 0. The molecular formula is C22H33NO3. The van der Waals surface area contributed by atoms with Crippen molar-refractivity contribution >= 4 is 5.91 Å². The average Bonchev–Trinajstić information content (AvgIpc) is 2.99. The molecule has 1 aliphatic heterocycles. The molecule has 2 fully saturated rings. The first-order valence-corrected chi connectivity index (χ1v) is 10.2. The van der Waals surface area contributed by atoms with Gasteiger partial charge in [0.1, 0.15) is 0 Å². The fourth-order valence-corrected chi connectivity index (χ4v) is 6.95. The molecule has 4 heteroatoms. The van der Waals surface area contributed by atoms with Crippen molar-refractivity contribution in [3.05, 3.63) is 23.3 Å². The minimum atomic E-state index is -1.16. The van der Waals surface area contributed by atoms with Crippen LogP contribution in [0.2, 0.25) is 0 Å². The summed E-state index contributed by atoms with van der Waals surface area (Å²) in [6.45, 7) is 10.8. The number of hydrogen-bond acceptors (Lipinski definition) is 3. The molecule has 0 radical (unpaired) electrons. The first-order valence-electron chi connectivity index (χ1n) is 10.2. The first kappa shape index (κ1) is 18.2. The van der Waals surface area contributed by atoms with Crippen LogP contribution in [-0.4, -0.2) is 33.9 Å². The van der Waals surface area contributed by atoms with E-state index in [1.54, 1.807) is 0 Å². The Morgan fingerprint density at radius 2 is 1.92 bits per heavy atom. The van der Waals surface area contributed by atoms with Gasteiger partial charge in [0.25, 0.3) is 0 Å². The molecule has 3 aliphatic carbocycles. The lowest BCUT2D eigenvalue weighted by Crippen LogP contribution is -2.65. The van der Waals surface area contributed by atoms with Gasteiger partial charge in [-0.15, -0.1) is 0 Å². The van der Waals surface area contributed by atoms with Crippen LogP contribution in [0, 0.1) is 35.0 Å². The SMILES string of the molecule is CC1=C[C@@H]2C=C(C)[C@@H](C)[C@@H]3[C@H](CC(C)C)NC(=O)C23[C@]2(O)C[C@H](O)CC12. The number of carbonyl (C=O) groups excluding carboxylic acids is 1. The molecule has 4 aliphatic rings. The third-order valence-electron chi connectivity index (χ3n) is 7.94. The Balaban J connectivity index is 1.94. The third kappa shape index (κ3) is 2.06. The van der Waals surface area contributed by atoms with Gasteiger partial charge in [-0.25, -0.2) is 0 Å². The lowest BCUT2D eigenvalue weighted by atomic mass is 9.46. The van der Waals surface area contributed by atoms with E-state index in [0.29, 0.717) is 18.8 Å². The summed E-state index contributed by atoms with van der Waals surface area (Å²) in [5.41, 5.74) is 0.414. The lowest BCUT2D eigenvalue weighted by Gasteiger charge is -2.57. The van der Waals surface area contributed by atoms with Crippen LogP contribution in [0.1, 0.15) is 53.9 Å². The Labute approximate surface area is 156 Å². The van der Waals surface area contributed by atoms with Gasteiger partial charge in [0.15, 0.2) is 0 Å². The smallest absolute Gasteiger partial charge is 0.230 e. The molecule has 1 saturated carbocycles. The zero-order chi connectivity index (χ0) is 19.0. The molecule has 1 saturated heterocycles. The maximum Gasteiger partial charge on any atom is 0.230 e. The van der Waals surface area contributed by atoms with Gasteiger partial charge in [-0.1, -0.05) is 44.1 Å². The zero-order valence-corrected chi connectivity index (χ0v) is 16.6. The quantitative estimate of drug-likeness (QED) is 0.664. The molecule has 1 heterocycles. The summed E-state index contributed by atoms with van der Waals surface area (Å²) in [6, 6.07) is 0.0814. The largest absolute Gasteiger partial charge is 0.393 e. The molecule has 2 unspecified atom stereocenters. The van der Waals surface area contributed by atoms with Gasteiger partial charge < -0.3 is 15.5 Å². The molecule has 1 spiro atoms. The number of amides is 1. The average molecular weight is 360 g/mol. The predicted molar refractivity (Wildman–Crippen MR) is 101 cm³/mol. The predicted octanol–water partition coefficient (Wildman–Crippen LogP) is 2.81. The summed E-state index contributed by atoms with van der Waals surface area (Å²) in [4.78, 5) is 13.6. The highest BCUT2D eigenvalue weighted by molar-refractivity contribution is 5.89. The van der Waals surface area contributed by atoms with E-state index in [1.807, 2.05) is 0 Å². The number of hydrogen-bond donors (Lipinski definition) is 3. The van der Waals surface area contributed by atoms with Gasteiger partial charge in [0.2, 0.25) is 5.91 Å². The standard InChI is InChI=1S/C22H33NO3/c1-11(2)6-18-19-14(5)12(3)7-15-8-13(4)17-9-16(24)10-21(17,26)22(15,19)20(25)23-18/h7-8,11,14-19,24,26H,6,9-10H2,1-5H3,(H,23,25)/t14-,15+,16-,17?,18+,19-,21+,22?/m1/s1. The van der Waals surface area contributed by atoms with E-state index >= 15 is 0 Å². The van der Waals surface area contributed by atoms with Crippen molar-refractivity contribution in [2.75, 3.05) is 0 Å². The molecule has 3 N–H and O–H groups in total. The van der Waals surface area contributed by atoms with Crippen LogP contribution in [0.3, 0.4) is 0 Å². The molecule has 144 valence electrons. The number of rotatable bonds is 2. The van der Waals surface area contributed by atoms with Gasteiger partial charge in [0.05, 0.1) is 17.1 Å². The van der Waals surface area contributed by atoms with E-state index in [2.05, 4.69) is 52.1 Å². The van der Waals surface area contributed by atoms with E-state index < -0.39 is 17.1 Å². The van der Waals surface area contributed by atoms with E-state index in [9.17, 15) is 15.0 Å². The summed E-state index contributed by atoms with van der Waals surface area (Å²) < 4.78 is 0. The number of aliphatic hydroxyl groups is 2. The Bertz CT molecular complexity index is 696. The molecule has 0 aromatic heterocycles. The highest BCUT2D eigenvalue weighted by Gasteiger charge is 2.74. The van der Waals surface area contributed by atoms with E-state index in [4.69, 9.17) is 0 Å². The number of aliphatic hydroxyl groups excluding tert-OH is 1. The second-order valence-corrected chi connectivity index (χ2v) is 9.81. The highest BCUT2D eigenvalue weighted by atomic mass is 16.3. The highest BCUT2D eigenvalue weighted by Crippen LogP contribution is 2.67. The molecule has 4 nitrogen and oxygen atoms in total. The number of carbonyl (C=O) groups is 1. The fraction of sp³-hybridized carbons (Fsp3) is 0.773. The molecule has 0 aromatic carbocycles. The molecule has 0 bridgehead atoms. The summed E-state index contributed by atoms with van der Waals surface area (Å²) in [6.07, 6.45) is 5.66. The van der Waals surface area contributed by atoms with Crippen LogP contribution in [0.15, 0.2) is 23.3 Å². The summed E-state index contributed by atoms with van der Waals surface area (Å²) >= 11 is 0. The topological polar surface area (TPSA) is 69.6 Å².